The maximum Gasteiger partial charge on any atom is 0.286 e. The number of H-pyrrole nitrogens is 1. The van der Waals surface area contributed by atoms with Gasteiger partial charge in [0.15, 0.2) is 11.5 Å². The number of carbonyl (C=O) groups is 2. The third kappa shape index (κ3) is 5.27. The molecule has 3 N–H and O–H groups in total. The van der Waals surface area contributed by atoms with Crippen molar-refractivity contribution in [3.63, 3.8) is 0 Å². The minimum atomic E-state index is -0.444. The smallest absolute Gasteiger partial charge is 0.286 e. The average Bonchev–Trinajstić information content (AvgIpc) is 3.15. The van der Waals surface area contributed by atoms with E-state index >= 15 is 0 Å². The standard InChI is InChI=1S/C18H23N3O4/c1-3-5-11-25-15-9-8-13(12-16(15)24-4-2)17(22)20-21-18(23)14-7-6-10-19-14/h6-10,12,19H,3-5,11H2,1-2H3,(H,20,22)(H,21,23). The van der Waals surface area contributed by atoms with E-state index in [0.717, 1.165) is 12.8 Å². The molecule has 2 aromatic rings. The van der Waals surface area contributed by atoms with Gasteiger partial charge < -0.3 is 14.5 Å². The Kier molecular flexibility index (Phi) is 6.88. The number of amides is 2. The van der Waals surface area contributed by atoms with Gasteiger partial charge in [0.1, 0.15) is 5.69 Å². The van der Waals surface area contributed by atoms with Gasteiger partial charge in [0, 0.05) is 11.8 Å². The van der Waals surface area contributed by atoms with Crippen LogP contribution in [0.3, 0.4) is 0 Å². The zero-order valence-electron chi connectivity index (χ0n) is 14.4. The molecule has 2 amide bonds. The van der Waals surface area contributed by atoms with Crippen LogP contribution in [0.5, 0.6) is 11.5 Å². The number of rotatable bonds is 8. The fraction of sp³-hybridized carbons (Fsp3) is 0.333. The van der Waals surface area contributed by atoms with Gasteiger partial charge in [-0.05, 0) is 43.7 Å². The molecule has 2 rings (SSSR count). The van der Waals surface area contributed by atoms with Crippen molar-refractivity contribution >= 4 is 11.8 Å². The Hall–Kier alpha value is -2.96. The summed E-state index contributed by atoms with van der Waals surface area (Å²) in [4.78, 5) is 26.8. The molecule has 0 bridgehead atoms. The highest BCUT2D eigenvalue weighted by molar-refractivity contribution is 5.98. The Labute approximate surface area is 146 Å². The highest BCUT2D eigenvalue weighted by atomic mass is 16.5. The molecular weight excluding hydrogens is 322 g/mol. The molecule has 0 aliphatic rings. The first-order chi connectivity index (χ1) is 12.2. The normalized spacial score (nSPS) is 10.2. The second kappa shape index (κ2) is 9.36. The van der Waals surface area contributed by atoms with Crippen LogP contribution in [0.4, 0.5) is 0 Å². The van der Waals surface area contributed by atoms with Gasteiger partial charge in [-0.3, -0.25) is 20.4 Å². The highest BCUT2D eigenvalue weighted by Crippen LogP contribution is 2.28. The van der Waals surface area contributed by atoms with Gasteiger partial charge in [0.25, 0.3) is 11.8 Å². The summed E-state index contributed by atoms with van der Waals surface area (Å²) < 4.78 is 11.2. The quantitative estimate of drug-likeness (QED) is 0.506. The van der Waals surface area contributed by atoms with Crippen LogP contribution in [0.25, 0.3) is 0 Å². The zero-order valence-corrected chi connectivity index (χ0v) is 14.4. The molecule has 1 aromatic heterocycles. The number of hydrogen-bond acceptors (Lipinski definition) is 4. The van der Waals surface area contributed by atoms with Gasteiger partial charge in [0.05, 0.1) is 13.2 Å². The minimum absolute atomic E-state index is 0.356. The van der Waals surface area contributed by atoms with E-state index in [2.05, 4.69) is 22.8 Å². The van der Waals surface area contributed by atoms with Crippen LogP contribution < -0.4 is 20.3 Å². The monoisotopic (exact) mass is 345 g/mol. The average molecular weight is 345 g/mol. The number of nitrogens with one attached hydrogen (secondary N) is 3. The summed E-state index contributed by atoms with van der Waals surface area (Å²) in [5.74, 6) is 0.230. The number of hydrazine groups is 1. The Bertz CT molecular complexity index is 698. The van der Waals surface area contributed by atoms with E-state index < -0.39 is 11.8 Å². The maximum atomic E-state index is 12.2. The van der Waals surface area contributed by atoms with Crippen molar-refractivity contribution in [3.05, 3.63) is 47.8 Å². The van der Waals surface area contributed by atoms with Crippen LogP contribution in [-0.2, 0) is 0 Å². The Balaban J connectivity index is 2.00. The molecule has 25 heavy (non-hydrogen) atoms. The van der Waals surface area contributed by atoms with Crippen LogP contribution in [0.15, 0.2) is 36.5 Å². The molecule has 0 unspecified atom stereocenters. The van der Waals surface area contributed by atoms with Gasteiger partial charge in [-0.2, -0.15) is 0 Å². The van der Waals surface area contributed by atoms with Crippen molar-refractivity contribution in [3.8, 4) is 11.5 Å². The van der Waals surface area contributed by atoms with Gasteiger partial charge in [-0.25, -0.2) is 0 Å². The van der Waals surface area contributed by atoms with Crippen molar-refractivity contribution in [1.29, 1.82) is 0 Å². The maximum absolute atomic E-state index is 12.2. The summed E-state index contributed by atoms with van der Waals surface area (Å²) in [5, 5.41) is 0. The molecule has 0 aliphatic carbocycles. The molecule has 0 aliphatic heterocycles. The number of unbranched alkanes of at least 4 members (excludes halogenated alkanes) is 1. The van der Waals surface area contributed by atoms with Crippen LogP contribution >= 0.6 is 0 Å². The van der Waals surface area contributed by atoms with Crippen LogP contribution in [0.2, 0.25) is 0 Å². The second-order valence-electron chi connectivity index (χ2n) is 5.29. The number of ether oxygens (including phenoxy) is 2. The van der Waals surface area contributed by atoms with Gasteiger partial charge in [-0.15, -0.1) is 0 Å². The van der Waals surface area contributed by atoms with E-state index in [1.165, 1.54) is 0 Å². The van der Waals surface area contributed by atoms with Crippen LogP contribution in [0, 0.1) is 0 Å². The Morgan fingerprint density at radius 2 is 1.84 bits per heavy atom. The predicted molar refractivity (Wildman–Crippen MR) is 93.7 cm³/mol. The molecule has 7 heteroatoms. The van der Waals surface area contributed by atoms with E-state index in [0.29, 0.717) is 36.0 Å². The molecule has 0 saturated carbocycles. The van der Waals surface area contributed by atoms with E-state index in [-0.39, 0.29) is 0 Å². The molecule has 7 nitrogen and oxygen atoms in total. The fourth-order valence-corrected chi connectivity index (χ4v) is 2.09. The van der Waals surface area contributed by atoms with Crippen molar-refractivity contribution in [1.82, 2.24) is 15.8 Å². The van der Waals surface area contributed by atoms with Crippen molar-refractivity contribution in [2.75, 3.05) is 13.2 Å². The Morgan fingerprint density at radius 1 is 1.04 bits per heavy atom. The summed E-state index contributed by atoms with van der Waals surface area (Å²) in [6.45, 7) is 4.99. The molecule has 1 aromatic carbocycles. The summed E-state index contributed by atoms with van der Waals surface area (Å²) in [6, 6.07) is 8.22. The summed E-state index contributed by atoms with van der Waals surface area (Å²) >= 11 is 0. The first kappa shape index (κ1) is 18.4. The minimum Gasteiger partial charge on any atom is -0.490 e. The lowest BCUT2D eigenvalue weighted by Gasteiger charge is -2.13. The summed E-state index contributed by atoms with van der Waals surface area (Å²) in [6.07, 6.45) is 3.60. The lowest BCUT2D eigenvalue weighted by Crippen LogP contribution is -2.41. The van der Waals surface area contributed by atoms with Crippen molar-refractivity contribution in [2.24, 2.45) is 0 Å². The topological polar surface area (TPSA) is 92.5 Å². The zero-order chi connectivity index (χ0) is 18.1. The molecular formula is C18H23N3O4. The number of carbonyl (C=O) groups excluding carboxylic acids is 2. The van der Waals surface area contributed by atoms with Crippen molar-refractivity contribution in [2.45, 2.75) is 26.7 Å². The lowest BCUT2D eigenvalue weighted by atomic mass is 10.2. The Morgan fingerprint density at radius 3 is 2.52 bits per heavy atom. The molecule has 0 spiro atoms. The number of benzene rings is 1. The third-order valence-electron chi connectivity index (χ3n) is 3.39. The summed E-state index contributed by atoms with van der Waals surface area (Å²) in [7, 11) is 0. The molecule has 0 radical (unpaired) electrons. The molecule has 134 valence electrons. The van der Waals surface area contributed by atoms with E-state index in [4.69, 9.17) is 9.47 Å². The fourth-order valence-electron chi connectivity index (χ4n) is 2.09. The first-order valence-corrected chi connectivity index (χ1v) is 8.29. The number of aromatic nitrogens is 1. The van der Waals surface area contributed by atoms with Gasteiger partial charge in [0.2, 0.25) is 0 Å². The number of hydrogen-bond donors (Lipinski definition) is 3. The lowest BCUT2D eigenvalue weighted by molar-refractivity contribution is 0.0844. The highest BCUT2D eigenvalue weighted by Gasteiger charge is 2.13. The molecule has 0 saturated heterocycles. The van der Waals surface area contributed by atoms with Gasteiger partial charge >= 0.3 is 0 Å². The van der Waals surface area contributed by atoms with Crippen LogP contribution in [0.1, 0.15) is 47.5 Å². The summed E-state index contributed by atoms with van der Waals surface area (Å²) in [5.41, 5.74) is 5.44. The molecule has 0 atom stereocenters. The largest absolute Gasteiger partial charge is 0.490 e. The predicted octanol–water partition coefficient (Wildman–Crippen LogP) is 2.67. The van der Waals surface area contributed by atoms with Crippen molar-refractivity contribution < 1.29 is 19.1 Å². The number of aromatic amines is 1. The van der Waals surface area contributed by atoms with Crippen LogP contribution in [-0.4, -0.2) is 30.0 Å². The third-order valence-corrected chi connectivity index (χ3v) is 3.39. The second-order valence-corrected chi connectivity index (χ2v) is 5.29. The molecule has 1 heterocycles. The van der Waals surface area contributed by atoms with E-state index in [1.54, 1.807) is 36.5 Å². The van der Waals surface area contributed by atoms with Gasteiger partial charge in [-0.1, -0.05) is 13.3 Å². The van der Waals surface area contributed by atoms with E-state index in [1.807, 2.05) is 6.92 Å². The van der Waals surface area contributed by atoms with E-state index in [9.17, 15) is 9.59 Å². The molecule has 0 fully saturated rings. The first-order valence-electron chi connectivity index (χ1n) is 8.29. The SMILES string of the molecule is CCCCOc1ccc(C(=O)NNC(=O)c2ccc[nH]2)cc1OCC.